The SMILES string of the molecule is NC(Cc1cnc[nH]1)C(=O)NC(Cc1cnc[nH]1)C(=O)N1CCCC1C(=O)NC(CC(=O)O)C(=O)O. The van der Waals surface area contributed by atoms with Gasteiger partial charge in [0.15, 0.2) is 0 Å². The molecule has 0 spiro atoms. The first-order chi connectivity index (χ1) is 17.2. The fourth-order valence-corrected chi connectivity index (χ4v) is 3.97. The normalized spacial score (nSPS) is 17.7. The Morgan fingerprint density at radius 3 is 2.22 bits per heavy atom. The first-order valence-electron chi connectivity index (χ1n) is 11.2. The van der Waals surface area contributed by atoms with Crippen molar-refractivity contribution >= 4 is 29.7 Å². The molecule has 0 bridgehead atoms. The number of aromatic nitrogens is 4. The summed E-state index contributed by atoms with van der Waals surface area (Å²) in [7, 11) is 0. The molecule has 194 valence electrons. The maximum absolute atomic E-state index is 13.5. The molecule has 0 saturated carbocycles. The summed E-state index contributed by atoms with van der Waals surface area (Å²) < 4.78 is 0. The van der Waals surface area contributed by atoms with E-state index in [-0.39, 0.29) is 25.8 Å². The third kappa shape index (κ3) is 6.88. The Morgan fingerprint density at radius 2 is 1.67 bits per heavy atom. The second-order valence-electron chi connectivity index (χ2n) is 8.42. The van der Waals surface area contributed by atoms with Crippen molar-refractivity contribution in [1.82, 2.24) is 35.5 Å². The minimum absolute atomic E-state index is 0.0446. The standard InChI is InChI=1S/C21H28N8O7/c22-13(4-11-7-23-9-25-11)18(32)27-14(5-12-8-24-10-26-12)20(34)29-3-1-2-16(29)19(33)28-15(21(35)36)6-17(30)31/h7-10,13-16H,1-6,22H2,(H,23,25)(H,24,26)(H,27,32)(H,28,33)(H,30,31)(H,35,36). The number of likely N-dealkylation sites (tertiary alicyclic amines) is 1. The van der Waals surface area contributed by atoms with Gasteiger partial charge >= 0.3 is 11.9 Å². The number of nitrogens with one attached hydrogen (secondary N) is 4. The lowest BCUT2D eigenvalue weighted by Gasteiger charge is -2.29. The van der Waals surface area contributed by atoms with Crippen LogP contribution in [0.25, 0.3) is 0 Å². The van der Waals surface area contributed by atoms with Gasteiger partial charge in [-0.2, -0.15) is 0 Å². The highest BCUT2D eigenvalue weighted by molar-refractivity contribution is 5.95. The molecule has 1 saturated heterocycles. The summed E-state index contributed by atoms with van der Waals surface area (Å²) in [6.45, 7) is 0.198. The van der Waals surface area contributed by atoms with Gasteiger partial charge < -0.3 is 41.4 Å². The van der Waals surface area contributed by atoms with E-state index in [1.165, 1.54) is 29.9 Å². The van der Waals surface area contributed by atoms with Crippen molar-refractivity contribution in [3.63, 3.8) is 0 Å². The van der Waals surface area contributed by atoms with Crippen molar-refractivity contribution in [3.8, 4) is 0 Å². The molecule has 1 fully saturated rings. The van der Waals surface area contributed by atoms with E-state index in [4.69, 9.17) is 10.8 Å². The van der Waals surface area contributed by atoms with Gasteiger partial charge in [0.05, 0.1) is 25.1 Å². The van der Waals surface area contributed by atoms with Crippen molar-refractivity contribution in [2.45, 2.75) is 56.3 Å². The lowest BCUT2D eigenvalue weighted by atomic mass is 10.1. The Bertz CT molecular complexity index is 1070. The molecule has 36 heavy (non-hydrogen) atoms. The molecule has 0 aromatic carbocycles. The predicted octanol–water partition coefficient (Wildman–Crippen LogP) is -2.23. The number of carboxylic acids is 2. The number of aliphatic carboxylic acids is 2. The minimum atomic E-state index is -1.64. The van der Waals surface area contributed by atoms with E-state index in [1.807, 2.05) is 0 Å². The van der Waals surface area contributed by atoms with Crippen molar-refractivity contribution in [1.29, 1.82) is 0 Å². The van der Waals surface area contributed by atoms with Crippen molar-refractivity contribution in [2.24, 2.45) is 5.73 Å². The maximum Gasteiger partial charge on any atom is 0.326 e. The van der Waals surface area contributed by atoms with Crippen LogP contribution in [0.3, 0.4) is 0 Å². The van der Waals surface area contributed by atoms with Gasteiger partial charge in [0.25, 0.3) is 0 Å². The maximum atomic E-state index is 13.5. The van der Waals surface area contributed by atoms with Crippen LogP contribution in [0.15, 0.2) is 25.0 Å². The molecule has 2 aromatic rings. The summed E-state index contributed by atoms with van der Waals surface area (Å²) in [5, 5.41) is 23.0. The van der Waals surface area contributed by atoms with Gasteiger partial charge in [-0.1, -0.05) is 0 Å². The molecule has 15 nitrogen and oxygen atoms in total. The highest BCUT2D eigenvalue weighted by atomic mass is 16.4. The van der Waals surface area contributed by atoms with Gasteiger partial charge in [-0.15, -0.1) is 0 Å². The number of carbonyl (C=O) groups excluding carboxylic acids is 3. The average molecular weight is 505 g/mol. The number of carbonyl (C=O) groups is 5. The predicted molar refractivity (Wildman–Crippen MR) is 121 cm³/mol. The van der Waals surface area contributed by atoms with Gasteiger partial charge in [-0.3, -0.25) is 19.2 Å². The van der Waals surface area contributed by atoms with E-state index in [9.17, 15) is 29.1 Å². The van der Waals surface area contributed by atoms with Crippen LogP contribution in [0, 0.1) is 0 Å². The molecule has 4 unspecified atom stereocenters. The van der Waals surface area contributed by atoms with E-state index in [0.29, 0.717) is 17.8 Å². The second kappa shape index (κ2) is 11.9. The molecule has 8 N–H and O–H groups in total. The van der Waals surface area contributed by atoms with Crippen LogP contribution >= 0.6 is 0 Å². The number of nitrogens with zero attached hydrogens (tertiary/aromatic N) is 3. The molecule has 0 aliphatic carbocycles. The Morgan fingerprint density at radius 1 is 1.03 bits per heavy atom. The summed E-state index contributed by atoms with van der Waals surface area (Å²) in [6.07, 6.45) is 6.00. The zero-order valence-corrected chi connectivity index (χ0v) is 19.2. The number of imidazole rings is 2. The number of rotatable bonds is 12. The zero-order chi connectivity index (χ0) is 26.2. The molecular weight excluding hydrogens is 476 g/mol. The number of amides is 3. The van der Waals surface area contributed by atoms with Crippen LogP contribution in [0.1, 0.15) is 30.7 Å². The van der Waals surface area contributed by atoms with Crippen LogP contribution in [-0.4, -0.2) is 95.4 Å². The monoisotopic (exact) mass is 504 g/mol. The molecule has 2 aromatic heterocycles. The van der Waals surface area contributed by atoms with Crippen molar-refractivity contribution in [2.75, 3.05) is 6.54 Å². The van der Waals surface area contributed by atoms with Gasteiger partial charge in [-0.05, 0) is 12.8 Å². The van der Waals surface area contributed by atoms with Crippen LogP contribution in [0.4, 0.5) is 0 Å². The van der Waals surface area contributed by atoms with E-state index in [1.54, 1.807) is 0 Å². The molecule has 3 rings (SSSR count). The summed E-state index contributed by atoms with van der Waals surface area (Å²) in [4.78, 5) is 76.2. The number of aromatic amines is 2. The van der Waals surface area contributed by atoms with Crippen molar-refractivity contribution < 1.29 is 34.2 Å². The Balaban J connectivity index is 1.73. The summed E-state index contributed by atoms with van der Waals surface area (Å²) in [6, 6.07) is -4.73. The second-order valence-corrected chi connectivity index (χ2v) is 8.42. The molecule has 1 aliphatic heterocycles. The third-order valence-corrected chi connectivity index (χ3v) is 5.76. The smallest absolute Gasteiger partial charge is 0.326 e. The van der Waals surface area contributed by atoms with Gasteiger partial charge in [0.1, 0.15) is 18.1 Å². The fourth-order valence-electron chi connectivity index (χ4n) is 3.97. The quantitative estimate of drug-likeness (QED) is 0.164. The van der Waals surface area contributed by atoms with E-state index < -0.39 is 60.2 Å². The summed E-state index contributed by atoms with van der Waals surface area (Å²) >= 11 is 0. The van der Waals surface area contributed by atoms with Gasteiger partial charge in [0.2, 0.25) is 17.7 Å². The molecule has 0 radical (unpaired) electrons. The van der Waals surface area contributed by atoms with Crippen LogP contribution < -0.4 is 16.4 Å². The number of hydrogen-bond acceptors (Lipinski definition) is 8. The lowest BCUT2D eigenvalue weighted by molar-refractivity contribution is -0.148. The molecule has 1 aliphatic rings. The largest absolute Gasteiger partial charge is 0.481 e. The highest BCUT2D eigenvalue weighted by Gasteiger charge is 2.39. The Kier molecular flexibility index (Phi) is 8.72. The summed E-state index contributed by atoms with van der Waals surface area (Å²) in [5.74, 6) is -4.82. The zero-order valence-electron chi connectivity index (χ0n) is 19.2. The van der Waals surface area contributed by atoms with Crippen LogP contribution in [-0.2, 0) is 36.8 Å². The minimum Gasteiger partial charge on any atom is -0.481 e. The van der Waals surface area contributed by atoms with E-state index >= 15 is 0 Å². The first kappa shape index (κ1) is 26.3. The van der Waals surface area contributed by atoms with Crippen molar-refractivity contribution in [3.05, 3.63) is 36.4 Å². The summed E-state index contributed by atoms with van der Waals surface area (Å²) in [5.41, 5.74) is 7.21. The first-order valence-corrected chi connectivity index (χ1v) is 11.2. The van der Waals surface area contributed by atoms with Gasteiger partial charge in [-0.25, -0.2) is 14.8 Å². The van der Waals surface area contributed by atoms with Gasteiger partial charge in [0, 0.05) is 43.2 Å². The Labute approximate surface area is 204 Å². The molecule has 3 heterocycles. The highest BCUT2D eigenvalue weighted by Crippen LogP contribution is 2.20. The Hall–Kier alpha value is -4.27. The third-order valence-electron chi connectivity index (χ3n) is 5.76. The lowest BCUT2D eigenvalue weighted by Crippen LogP contribution is -2.57. The van der Waals surface area contributed by atoms with E-state index in [2.05, 4.69) is 30.6 Å². The number of carboxylic acid groups (broad SMARTS) is 2. The number of hydrogen-bond donors (Lipinski definition) is 7. The van der Waals surface area contributed by atoms with E-state index in [0.717, 1.165) is 0 Å². The van der Waals surface area contributed by atoms with Crippen LogP contribution in [0.5, 0.6) is 0 Å². The number of nitrogens with two attached hydrogens (primary N) is 1. The molecule has 4 atom stereocenters. The molecule has 15 heteroatoms. The average Bonchev–Trinajstić information content (AvgIpc) is 3.59. The number of H-pyrrole nitrogens is 2. The fraction of sp³-hybridized carbons (Fsp3) is 0.476. The van der Waals surface area contributed by atoms with Crippen LogP contribution in [0.2, 0.25) is 0 Å². The topological polar surface area (TPSA) is 236 Å². The molecular formula is C21H28N8O7. The molecule has 3 amide bonds.